The lowest BCUT2D eigenvalue weighted by Gasteiger charge is -2.29. The molecule has 0 rings (SSSR count). The monoisotopic (exact) mass is 244 g/mol. The summed E-state index contributed by atoms with van der Waals surface area (Å²) in [6.07, 6.45) is 0.682. The van der Waals surface area contributed by atoms with Crippen LogP contribution in [0, 0.1) is 5.92 Å². The van der Waals surface area contributed by atoms with Crippen molar-refractivity contribution in [2.45, 2.75) is 40.2 Å². The Morgan fingerprint density at radius 2 is 1.88 bits per heavy atom. The second-order valence-electron chi connectivity index (χ2n) is 4.21. The van der Waals surface area contributed by atoms with Gasteiger partial charge < -0.3 is 15.4 Å². The molecule has 0 aliphatic rings. The van der Waals surface area contributed by atoms with Gasteiger partial charge in [0.2, 0.25) is 5.91 Å². The van der Waals surface area contributed by atoms with E-state index in [1.807, 2.05) is 20.8 Å². The van der Waals surface area contributed by atoms with Gasteiger partial charge in [0, 0.05) is 12.6 Å². The van der Waals surface area contributed by atoms with Crippen LogP contribution in [0.2, 0.25) is 0 Å². The molecular weight excluding hydrogens is 220 g/mol. The van der Waals surface area contributed by atoms with Gasteiger partial charge in [-0.1, -0.05) is 6.92 Å². The zero-order valence-corrected chi connectivity index (χ0v) is 11.2. The number of rotatable bonds is 7. The lowest BCUT2D eigenvalue weighted by Crippen LogP contribution is -2.45. The van der Waals surface area contributed by atoms with Gasteiger partial charge in [-0.25, -0.2) is 0 Å². The molecule has 0 aromatic rings. The van der Waals surface area contributed by atoms with Crippen LogP contribution in [0.5, 0.6) is 0 Å². The van der Waals surface area contributed by atoms with Crippen LogP contribution in [0.15, 0.2) is 0 Å². The molecule has 0 saturated carbocycles. The fourth-order valence-electron chi connectivity index (χ4n) is 1.54. The third-order valence-electron chi connectivity index (χ3n) is 2.64. The number of nitrogens with two attached hydrogens (primary N) is 1. The van der Waals surface area contributed by atoms with Crippen LogP contribution in [0.1, 0.15) is 34.1 Å². The number of carbonyl (C=O) groups excluding carboxylic acids is 2. The summed E-state index contributed by atoms with van der Waals surface area (Å²) >= 11 is 0. The number of hydrogen-bond acceptors (Lipinski definition) is 4. The Labute approximate surface area is 103 Å². The minimum absolute atomic E-state index is 0.000833. The molecule has 0 heterocycles. The highest BCUT2D eigenvalue weighted by molar-refractivity contribution is 5.84. The van der Waals surface area contributed by atoms with Crippen molar-refractivity contribution in [3.63, 3.8) is 0 Å². The summed E-state index contributed by atoms with van der Waals surface area (Å²) in [5.41, 5.74) is 5.55. The third-order valence-corrected chi connectivity index (χ3v) is 2.64. The number of carbonyl (C=O) groups is 2. The highest BCUT2D eigenvalue weighted by atomic mass is 16.5. The van der Waals surface area contributed by atoms with Gasteiger partial charge in [-0.15, -0.1) is 0 Å². The second kappa shape index (κ2) is 8.06. The largest absolute Gasteiger partial charge is 0.465 e. The molecule has 100 valence electrons. The number of amides is 1. The number of esters is 1. The number of hydrogen-bond donors (Lipinski definition) is 1. The molecule has 0 aliphatic heterocycles. The van der Waals surface area contributed by atoms with Gasteiger partial charge >= 0.3 is 5.97 Å². The van der Waals surface area contributed by atoms with E-state index in [4.69, 9.17) is 10.5 Å². The SMILES string of the molecule is CCOC(=O)CN(C(=O)C(CC)CN)C(C)C. The van der Waals surface area contributed by atoms with Gasteiger partial charge in [0.1, 0.15) is 6.54 Å². The van der Waals surface area contributed by atoms with E-state index in [0.29, 0.717) is 19.6 Å². The Morgan fingerprint density at radius 3 is 2.24 bits per heavy atom. The molecule has 0 fully saturated rings. The van der Waals surface area contributed by atoms with Gasteiger partial charge in [0.15, 0.2) is 0 Å². The van der Waals surface area contributed by atoms with Gasteiger partial charge in [0.05, 0.1) is 12.5 Å². The minimum Gasteiger partial charge on any atom is -0.465 e. The Bertz CT molecular complexity index is 250. The predicted octanol–water partition coefficient (Wildman–Crippen LogP) is 0.771. The molecule has 0 aromatic heterocycles. The van der Waals surface area contributed by atoms with E-state index in [2.05, 4.69) is 0 Å². The van der Waals surface area contributed by atoms with Gasteiger partial charge in [0.25, 0.3) is 0 Å². The molecule has 5 heteroatoms. The Kier molecular flexibility index (Phi) is 7.54. The van der Waals surface area contributed by atoms with Crippen molar-refractivity contribution in [3.8, 4) is 0 Å². The van der Waals surface area contributed by atoms with Crippen LogP contribution in [-0.2, 0) is 14.3 Å². The van der Waals surface area contributed by atoms with Crippen molar-refractivity contribution in [3.05, 3.63) is 0 Å². The normalized spacial score (nSPS) is 12.4. The van der Waals surface area contributed by atoms with Crippen LogP contribution in [0.3, 0.4) is 0 Å². The zero-order chi connectivity index (χ0) is 13.4. The summed E-state index contributed by atoms with van der Waals surface area (Å²) in [5.74, 6) is -0.661. The van der Waals surface area contributed by atoms with E-state index in [9.17, 15) is 9.59 Å². The molecule has 0 saturated heterocycles. The Morgan fingerprint density at radius 1 is 1.29 bits per heavy atom. The summed E-state index contributed by atoms with van der Waals surface area (Å²) in [6.45, 7) is 8.04. The molecule has 0 aromatic carbocycles. The highest BCUT2D eigenvalue weighted by Gasteiger charge is 2.26. The molecule has 0 radical (unpaired) electrons. The summed E-state index contributed by atoms with van der Waals surface area (Å²) in [6, 6.07) is -0.0347. The first-order valence-corrected chi connectivity index (χ1v) is 6.13. The zero-order valence-electron chi connectivity index (χ0n) is 11.2. The van der Waals surface area contributed by atoms with E-state index in [1.165, 1.54) is 4.90 Å². The average Bonchev–Trinajstić information content (AvgIpc) is 2.27. The van der Waals surface area contributed by atoms with Crippen molar-refractivity contribution >= 4 is 11.9 Å². The molecule has 0 aliphatic carbocycles. The summed E-state index contributed by atoms with van der Waals surface area (Å²) in [7, 11) is 0. The quantitative estimate of drug-likeness (QED) is 0.671. The Balaban J connectivity index is 4.62. The summed E-state index contributed by atoms with van der Waals surface area (Å²) < 4.78 is 4.86. The second-order valence-corrected chi connectivity index (χ2v) is 4.21. The topological polar surface area (TPSA) is 72.6 Å². The molecule has 1 atom stereocenters. The minimum atomic E-state index is -0.374. The van der Waals surface area contributed by atoms with Gasteiger partial charge in [-0.3, -0.25) is 9.59 Å². The van der Waals surface area contributed by atoms with E-state index in [-0.39, 0.29) is 30.4 Å². The lowest BCUT2D eigenvalue weighted by molar-refractivity contribution is -0.151. The summed E-state index contributed by atoms with van der Waals surface area (Å²) in [5, 5.41) is 0. The van der Waals surface area contributed by atoms with Gasteiger partial charge in [-0.2, -0.15) is 0 Å². The predicted molar refractivity (Wildman–Crippen MR) is 66.3 cm³/mol. The highest BCUT2D eigenvalue weighted by Crippen LogP contribution is 2.10. The van der Waals surface area contributed by atoms with Crippen molar-refractivity contribution in [1.29, 1.82) is 0 Å². The van der Waals surface area contributed by atoms with Crippen LogP contribution >= 0.6 is 0 Å². The van der Waals surface area contributed by atoms with Crippen LogP contribution in [0.25, 0.3) is 0 Å². The standard InChI is InChI=1S/C12H24N2O3/c1-5-10(7-13)12(16)14(9(3)4)8-11(15)17-6-2/h9-10H,5-8,13H2,1-4H3. The molecule has 2 N–H and O–H groups in total. The van der Waals surface area contributed by atoms with E-state index in [1.54, 1.807) is 6.92 Å². The first-order valence-electron chi connectivity index (χ1n) is 6.13. The maximum atomic E-state index is 12.1. The first kappa shape index (κ1) is 15.9. The molecule has 1 amide bonds. The summed E-state index contributed by atoms with van der Waals surface area (Å²) in [4.78, 5) is 25.1. The van der Waals surface area contributed by atoms with Crippen molar-refractivity contribution in [2.75, 3.05) is 19.7 Å². The lowest BCUT2D eigenvalue weighted by atomic mass is 10.0. The van der Waals surface area contributed by atoms with Crippen LogP contribution in [0.4, 0.5) is 0 Å². The van der Waals surface area contributed by atoms with Crippen LogP contribution in [-0.4, -0.2) is 42.5 Å². The van der Waals surface area contributed by atoms with Crippen LogP contribution < -0.4 is 5.73 Å². The van der Waals surface area contributed by atoms with Gasteiger partial charge in [-0.05, 0) is 27.2 Å². The van der Waals surface area contributed by atoms with E-state index < -0.39 is 0 Å². The maximum Gasteiger partial charge on any atom is 0.325 e. The smallest absolute Gasteiger partial charge is 0.325 e. The fraction of sp³-hybridized carbons (Fsp3) is 0.833. The van der Waals surface area contributed by atoms with E-state index in [0.717, 1.165) is 0 Å². The Hall–Kier alpha value is -1.10. The molecule has 1 unspecified atom stereocenters. The molecule has 0 spiro atoms. The number of ether oxygens (including phenoxy) is 1. The van der Waals surface area contributed by atoms with Crippen molar-refractivity contribution in [2.24, 2.45) is 11.7 Å². The van der Waals surface area contributed by atoms with Crippen molar-refractivity contribution < 1.29 is 14.3 Å². The molecule has 0 bridgehead atoms. The molecular formula is C12H24N2O3. The maximum absolute atomic E-state index is 12.1. The molecule has 5 nitrogen and oxygen atoms in total. The average molecular weight is 244 g/mol. The first-order chi connectivity index (χ1) is 7.97. The fourth-order valence-corrected chi connectivity index (χ4v) is 1.54. The molecule has 17 heavy (non-hydrogen) atoms. The van der Waals surface area contributed by atoms with E-state index >= 15 is 0 Å². The number of nitrogens with zero attached hydrogens (tertiary/aromatic N) is 1. The third kappa shape index (κ3) is 5.17. The van der Waals surface area contributed by atoms with Crippen molar-refractivity contribution in [1.82, 2.24) is 4.90 Å².